The minimum Gasteiger partial charge on any atom is -0.508 e. The van der Waals surface area contributed by atoms with E-state index in [4.69, 9.17) is 4.98 Å². The van der Waals surface area contributed by atoms with Crippen molar-refractivity contribution in [3.05, 3.63) is 114 Å². The molecule has 0 amide bonds. The smallest absolute Gasteiger partial charge is 0.135 e. The van der Waals surface area contributed by atoms with Crippen LogP contribution in [0, 0.1) is 5.82 Å². The Hall–Kier alpha value is -5.41. The van der Waals surface area contributed by atoms with Gasteiger partial charge in [-0.1, -0.05) is 30.3 Å². The van der Waals surface area contributed by atoms with Gasteiger partial charge in [0.25, 0.3) is 0 Å². The summed E-state index contributed by atoms with van der Waals surface area (Å²) in [4.78, 5) is 17.3. The second-order valence-corrected chi connectivity index (χ2v) is 9.84. The van der Waals surface area contributed by atoms with Gasteiger partial charge in [0.05, 0.1) is 22.6 Å². The van der Waals surface area contributed by atoms with Gasteiger partial charge in [-0.25, -0.2) is 9.37 Å². The highest BCUT2D eigenvalue weighted by Gasteiger charge is 2.17. The van der Waals surface area contributed by atoms with Gasteiger partial charge < -0.3 is 15.4 Å². The molecule has 41 heavy (non-hydrogen) atoms. The fraction of sp³-hybridized carbons (Fsp3) is 0.0625. The third kappa shape index (κ3) is 4.90. The van der Waals surface area contributed by atoms with Crippen molar-refractivity contribution in [2.75, 3.05) is 0 Å². The monoisotopic (exact) mass is 541 g/mol. The van der Waals surface area contributed by atoms with Crippen molar-refractivity contribution >= 4 is 21.9 Å². The van der Waals surface area contributed by atoms with Gasteiger partial charge >= 0.3 is 0 Å². The molecule has 200 valence electrons. The number of aromatic nitrogens is 6. The first kappa shape index (κ1) is 24.6. The van der Waals surface area contributed by atoms with E-state index in [2.05, 4.69) is 48.7 Å². The normalized spacial score (nSPS) is 11.4. The fourth-order valence-corrected chi connectivity index (χ4v) is 5.04. The number of phenols is 1. The van der Waals surface area contributed by atoms with Gasteiger partial charge in [-0.2, -0.15) is 5.10 Å². The summed E-state index contributed by atoms with van der Waals surface area (Å²) in [5.41, 5.74) is 8.72. The second-order valence-electron chi connectivity index (χ2n) is 9.84. The van der Waals surface area contributed by atoms with Crippen molar-refractivity contribution < 1.29 is 9.50 Å². The van der Waals surface area contributed by atoms with Gasteiger partial charge in [0.1, 0.15) is 22.8 Å². The maximum atomic E-state index is 14.0. The van der Waals surface area contributed by atoms with E-state index in [0.717, 1.165) is 51.5 Å². The maximum Gasteiger partial charge on any atom is 0.135 e. The van der Waals surface area contributed by atoms with Crippen molar-refractivity contribution in [3.63, 3.8) is 0 Å². The van der Waals surface area contributed by atoms with Gasteiger partial charge in [0.2, 0.25) is 0 Å². The molecule has 7 rings (SSSR count). The Kier molecular flexibility index (Phi) is 6.18. The van der Waals surface area contributed by atoms with E-state index in [1.54, 1.807) is 6.20 Å². The van der Waals surface area contributed by atoms with Crippen LogP contribution in [-0.4, -0.2) is 35.2 Å². The molecular formula is C32H24FN7O. The summed E-state index contributed by atoms with van der Waals surface area (Å²) in [7, 11) is 0. The first-order valence-electron chi connectivity index (χ1n) is 13.1. The highest BCUT2D eigenvalue weighted by molar-refractivity contribution is 5.99. The number of fused-ring (bicyclic) bond motifs is 2. The number of aromatic amines is 2. The molecule has 9 heteroatoms. The SMILES string of the molecule is Oc1cc(F)cc(-c2nccc3[nH]c(-c4n[nH]c5ccc(-c6cncc(CNCc7ccccc7)c6)nc45)cc23)c1. The molecule has 0 fully saturated rings. The molecule has 2 aromatic carbocycles. The number of aromatic hydroxyl groups is 1. The molecule has 0 aliphatic heterocycles. The van der Waals surface area contributed by atoms with E-state index in [-0.39, 0.29) is 5.75 Å². The lowest BCUT2D eigenvalue weighted by Gasteiger charge is -2.07. The summed E-state index contributed by atoms with van der Waals surface area (Å²) in [5.74, 6) is -0.690. The Morgan fingerprint density at radius 1 is 0.805 bits per heavy atom. The minimum atomic E-state index is -0.532. The summed E-state index contributed by atoms with van der Waals surface area (Å²) in [6.45, 7) is 1.46. The number of hydrogen-bond acceptors (Lipinski definition) is 6. The third-order valence-electron chi connectivity index (χ3n) is 6.96. The van der Waals surface area contributed by atoms with Crippen LogP contribution in [0.4, 0.5) is 4.39 Å². The molecule has 5 heterocycles. The Labute approximate surface area is 234 Å². The average Bonchev–Trinajstić information content (AvgIpc) is 3.61. The zero-order valence-corrected chi connectivity index (χ0v) is 21.8. The summed E-state index contributed by atoms with van der Waals surface area (Å²) >= 11 is 0. The highest BCUT2D eigenvalue weighted by Crippen LogP contribution is 2.34. The van der Waals surface area contributed by atoms with Crippen LogP contribution in [0.5, 0.6) is 5.75 Å². The molecule has 8 nitrogen and oxygen atoms in total. The van der Waals surface area contributed by atoms with E-state index in [1.807, 2.05) is 54.9 Å². The predicted molar refractivity (Wildman–Crippen MR) is 156 cm³/mol. The highest BCUT2D eigenvalue weighted by atomic mass is 19.1. The number of phenolic OH excluding ortho intramolecular Hbond substituents is 1. The molecule has 0 radical (unpaired) electrons. The van der Waals surface area contributed by atoms with Crippen molar-refractivity contribution in [2.45, 2.75) is 13.1 Å². The minimum absolute atomic E-state index is 0.157. The molecule has 0 bridgehead atoms. The van der Waals surface area contributed by atoms with Crippen LogP contribution in [0.3, 0.4) is 0 Å². The zero-order chi connectivity index (χ0) is 27.8. The van der Waals surface area contributed by atoms with Gasteiger partial charge in [0.15, 0.2) is 0 Å². The largest absolute Gasteiger partial charge is 0.508 e. The van der Waals surface area contributed by atoms with Crippen LogP contribution in [0.25, 0.3) is 55.8 Å². The molecule has 0 aliphatic rings. The van der Waals surface area contributed by atoms with E-state index >= 15 is 0 Å². The van der Waals surface area contributed by atoms with Crippen molar-refractivity contribution in [3.8, 4) is 39.7 Å². The van der Waals surface area contributed by atoms with E-state index in [1.165, 1.54) is 17.7 Å². The number of nitrogens with zero attached hydrogens (tertiary/aromatic N) is 4. The standard InChI is InChI=1S/C32H24FN7O/c33-23-11-21(12-24(41)13-23)30-25-14-29(37-27(25)8-9-36-30)32-31-28(39-40-32)7-6-26(38-31)22-10-20(17-35-18-22)16-34-15-19-4-2-1-3-5-19/h1-14,17-18,34,37,41H,15-16H2,(H,39,40). The summed E-state index contributed by atoms with van der Waals surface area (Å²) in [6, 6.07) is 24.0. The fourth-order valence-electron chi connectivity index (χ4n) is 5.04. The molecule has 5 aromatic heterocycles. The Bertz CT molecular complexity index is 2000. The van der Waals surface area contributed by atoms with E-state index in [9.17, 15) is 9.50 Å². The van der Waals surface area contributed by atoms with Crippen LogP contribution < -0.4 is 5.32 Å². The Morgan fingerprint density at radius 2 is 1.68 bits per heavy atom. The van der Waals surface area contributed by atoms with Crippen molar-refractivity contribution in [1.82, 2.24) is 35.5 Å². The number of pyridine rings is 3. The number of H-pyrrole nitrogens is 2. The van der Waals surface area contributed by atoms with Crippen LogP contribution >= 0.6 is 0 Å². The molecule has 0 saturated heterocycles. The van der Waals surface area contributed by atoms with Gasteiger partial charge in [0, 0.05) is 59.8 Å². The molecular weight excluding hydrogens is 517 g/mol. The lowest BCUT2D eigenvalue weighted by molar-refractivity contribution is 0.469. The van der Waals surface area contributed by atoms with Crippen molar-refractivity contribution in [2.24, 2.45) is 0 Å². The van der Waals surface area contributed by atoms with Crippen LogP contribution in [0.2, 0.25) is 0 Å². The van der Waals surface area contributed by atoms with E-state index in [0.29, 0.717) is 29.0 Å². The van der Waals surface area contributed by atoms with Crippen LogP contribution in [0.1, 0.15) is 11.1 Å². The first-order valence-corrected chi connectivity index (χ1v) is 13.1. The number of halogens is 1. The van der Waals surface area contributed by atoms with Crippen LogP contribution in [-0.2, 0) is 13.1 Å². The molecule has 7 aromatic rings. The Balaban J connectivity index is 1.21. The molecule has 0 aliphatic carbocycles. The maximum absolute atomic E-state index is 14.0. The molecule has 4 N–H and O–H groups in total. The van der Waals surface area contributed by atoms with Gasteiger partial charge in [-0.3, -0.25) is 15.1 Å². The lowest BCUT2D eigenvalue weighted by Crippen LogP contribution is -2.12. The van der Waals surface area contributed by atoms with E-state index < -0.39 is 5.82 Å². The topological polar surface area (TPSA) is 115 Å². The molecule has 0 spiro atoms. The summed E-state index contributed by atoms with van der Waals surface area (Å²) in [5, 5.41) is 21.8. The lowest BCUT2D eigenvalue weighted by atomic mass is 10.1. The Morgan fingerprint density at radius 3 is 2.56 bits per heavy atom. The summed E-state index contributed by atoms with van der Waals surface area (Å²) < 4.78 is 14.0. The summed E-state index contributed by atoms with van der Waals surface area (Å²) in [6.07, 6.45) is 5.31. The third-order valence-corrected chi connectivity index (χ3v) is 6.96. The number of benzene rings is 2. The van der Waals surface area contributed by atoms with Crippen molar-refractivity contribution in [1.29, 1.82) is 0 Å². The number of rotatable bonds is 7. The number of nitrogens with one attached hydrogen (secondary N) is 3. The molecule has 0 atom stereocenters. The quantitative estimate of drug-likeness (QED) is 0.187. The molecule has 0 unspecified atom stereocenters. The van der Waals surface area contributed by atoms with Gasteiger partial charge in [-0.05, 0) is 53.6 Å². The average molecular weight is 542 g/mol. The number of hydrogen-bond donors (Lipinski definition) is 4. The molecule has 0 saturated carbocycles. The zero-order valence-electron chi connectivity index (χ0n) is 21.8. The predicted octanol–water partition coefficient (Wildman–Crippen LogP) is 6.36. The first-order chi connectivity index (χ1) is 20.1. The van der Waals surface area contributed by atoms with Crippen LogP contribution in [0.15, 0.2) is 97.5 Å². The second kappa shape index (κ2) is 10.3. The van der Waals surface area contributed by atoms with Gasteiger partial charge in [-0.15, -0.1) is 0 Å².